The number of nitrogens with zero attached hydrogens (tertiary/aromatic N) is 4. The second kappa shape index (κ2) is 10.3. The van der Waals surface area contributed by atoms with Gasteiger partial charge in [0.05, 0.1) is 11.4 Å². The van der Waals surface area contributed by atoms with Crippen molar-refractivity contribution in [3.63, 3.8) is 0 Å². The Morgan fingerprint density at radius 1 is 1.18 bits per heavy atom. The minimum absolute atomic E-state index is 0.0361. The van der Waals surface area contributed by atoms with Crippen molar-refractivity contribution in [3.8, 4) is 0 Å². The predicted octanol–water partition coefficient (Wildman–Crippen LogP) is 3.31. The van der Waals surface area contributed by atoms with Crippen LogP contribution in [-0.4, -0.2) is 71.3 Å². The Hall–Kier alpha value is -2.21. The lowest BCUT2D eigenvalue weighted by atomic mass is 9.52. The zero-order valence-corrected chi connectivity index (χ0v) is 24.5. The van der Waals surface area contributed by atoms with E-state index in [4.69, 9.17) is 11.6 Å². The average molecular weight is 594 g/mol. The van der Waals surface area contributed by atoms with Gasteiger partial charge in [-0.15, -0.1) is 0 Å². The number of carbonyl (C=O) groups is 1. The summed E-state index contributed by atoms with van der Waals surface area (Å²) >= 11 is 6.76. The smallest absolute Gasteiger partial charge is 0.273 e. The molecule has 1 aromatic heterocycles. The summed E-state index contributed by atoms with van der Waals surface area (Å²) in [6.45, 7) is 1.13. The summed E-state index contributed by atoms with van der Waals surface area (Å²) in [7, 11) is -0.212. The molecule has 4 saturated carbocycles. The number of piperidine rings is 1. The molecular weight excluding hydrogens is 557 g/mol. The third kappa shape index (κ3) is 5.14. The average Bonchev–Trinajstić information content (AvgIpc) is 3.19. The van der Waals surface area contributed by atoms with Crippen LogP contribution >= 0.6 is 11.6 Å². The van der Waals surface area contributed by atoms with E-state index in [0.717, 1.165) is 32.1 Å². The van der Waals surface area contributed by atoms with E-state index in [2.05, 4.69) is 15.3 Å². The Kier molecular flexibility index (Phi) is 7.16. The number of benzene rings is 1. The van der Waals surface area contributed by atoms with Gasteiger partial charge < -0.3 is 15.3 Å². The van der Waals surface area contributed by atoms with Crippen molar-refractivity contribution in [2.24, 2.45) is 24.8 Å². The van der Waals surface area contributed by atoms with Crippen LogP contribution in [0.2, 0.25) is 5.02 Å². The third-order valence-corrected chi connectivity index (χ3v) is 11.9. The summed E-state index contributed by atoms with van der Waals surface area (Å²) in [6, 6.07) is 5.38. The van der Waals surface area contributed by atoms with Crippen LogP contribution in [0, 0.1) is 23.6 Å². The molecule has 0 radical (unpaired) electrons. The Morgan fingerprint density at radius 3 is 2.40 bits per heavy atom. The van der Waals surface area contributed by atoms with E-state index in [0.29, 0.717) is 48.3 Å². The summed E-state index contributed by atoms with van der Waals surface area (Å²) in [6.07, 6.45) is 5.67. The van der Waals surface area contributed by atoms with Gasteiger partial charge >= 0.3 is 0 Å². The number of carbonyl (C=O) groups excluding carboxylic acids is 1. The highest BCUT2D eigenvalue weighted by Crippen LogP contribution is 2.55. The first-order valence-corrected chi connectivity index (χ1v) is 16.1. The van der Waals surface area contributed by atoms with Crippen LogP contribution in [0.4, 0.5) is 10.2 Å². The molecule has 2 unspecified atom stereocenters. The van der Waals surface area contributed by atoms with Crippen molar-refractivity contribution >= 4 is 33.3 Å². The van der Waals surface area contributed by atoms with Gasteiger partial charge in [0, 0.05) is 39.3 Å². The number of rotatable bonds is 7. The first-order valence-electron chi connectivity index (χ1n) is 14.1. The Morgan fingerprint density at radius 2 is 1.80 bits per heavy atom. The van der Waals surface area contributed by atoms with Gasteiger partial charge in [0.25, 0.3) is 5.91 Å². The molecule has 5 aliphatic rings. The molecule has 2 atom stereocenters. The molecule has 1 aromatic carbocycles. The number of hydrogen-bond donors (Lipinski definition) is 2. The van der Waals surface area contributed by atoms with E-state index >= 15 is 0 Å². The molecule has 40 heavy (non-hydrogen) atoms. The van der Waals surface area contributed by atoms with E-state index in [1.807, 2.05) is 0 Å². The van der Waals surface area contributed by atoms with Crippen molar-refractivity contribution < 1.29 is 22.7 Å². The summed E-state index contributed by atoms with van der Waals surface area (Å²) in [5.74, 6) is 0.928. The number of anilines is 1. The van der Waals surface area contributed by atoms with Crippen LogP contribution in [0.25, 0.3) is 0 Å². The van der Waals surface area contributed by atoms with Crippen LogP contribution in [0.5, 0.6) is 0 Å². The van der Waals surface area contributed by atoms with Gasteiger partial charge in [0.2, 0.25) is 10.0 Å². The maximum Gasteiger partial charge on any atom is 0.273 e. The van der Waals surface area contributed by atoms with Gasteiger partial charge in [-0.3, -0.25) is 9.48 Å². The molecule has 7 rings (SSSR count). The number of aromatic nitrogens is 2. The fourth-order valence-electron chi connectivity index (χ4n) is 7.98. The van der Waals surface area contributed by atoms with E-state index < -0.39 is 21.4 Å². The van der Waals surface area contributed by atoms with Gasteiger partial charge in [0.1, 0.15) is 16.7 Å². The first-order chi connectivity index (χ1) is 18.9. The minimum atomic E-state index is -3.58. The zero-order chi connectivity index (χ0) is 28.4. The molecule has 2 N–H and O–H groups in total. The molecule has 4 aliphatic carbocycles. The van der Waals surface area contributed by atoms with Crippen LogP contribution in [0.15, 0.2) is 24.3 Å². The minimum Gasteiger partial charge on any atom is -0.390 e. The summed E-state index contributed by atoms with van der Waals surface area (Å²) in [5, 5.41) is 18.9. The summed E-state index contributed by atoms with van der Waals surface area (Å²) in [5.41, 5.74) is 0.184. The summed E-state index contributed by atoms with van der Waals surface area (Å²) in [4.78, 5) is 15.4. The van der Waals surface area contributed by atoms with Crippen LogP contribution in [0.3, 0.4) is 0 Å². The topological polar surface area (TPSA) is 108 Å². The van der Waals surface area contributed by atoms with Crippen molar-refractivity contribution in [2.75, 3.05) is 25.0 Å². The van der Waals surface area contributed by atoms with Gasteiger partial charge in [-0.25, -0.2) is 17.1 Å². The number of halogens is 2. The molecule has 218 valence electrons. The molecule has 1 saturated heterocycles. The van der Waals surface area contributed by atoms with Gasteiger partial charge in [-0.2, -0.15) is 5.10 Å². The van der Waals surface area contributed by atoms with E-state index in [1.165, 1.54) is 28.6 Å². The van der Waals surface area contributed by atoms with Gasteiger partial charge in [-0.1, -0.05) is 23.7 Å². The standard InChI is InChI=1S/C28H37ClFN5O4S/c1-33-27(35-9-7-22(8-10-35)34(2)40(38,39)16-17-3-5-21(30)6-4-17)23(29)25(32-33)26(36)31-24-19-11-18-12-20(24)15-28(37,13-18)14-19/h3-6,18-20,22,24,37H,7-16H2,1-2H3,(H,31,36). The van der Waals surface area contributed by atoms with Crippen molar-refractivity contribution in [3.05, 3.63) is 46.4 Å². The second-order valence-electron chi connectivity index (χ2n) is 12.4. The lowest BCUT2D eigenvalue weighted by Gasteiger charge is -2.58. The van der Waals surface area contributed by atoms with Crippen molar-refractivity contribution in [1.82, 2.24) is 19.4 Å². The highest BCUT2D eigenvalue weighted by molar-refractivity contribution is 7.88. The lowest BCUT2D eigenvalue weighted by Crippen LogP contribution is -2.61. The number of nitrogens with one attached hydrogen (secondary N) is 1. The molecular formula is C28H37ClFN5O4S. The van der Waals surface area contributed by atoms with Crippen LogP contribution < -0.4 is 10.2 Å². The normalized spacial score (nSPS) is 30.3. The predicted molar refractivity (Wildman–Crippen MR) is 150 cm³/mol. The Labute approximate surface area is 239 Å². The molecule has 5 fully saturated rings. The highest BCUT2D eigenvalue weighted by atomic mass is 35.5. The fraction of sp³-hybridized carbons (Fsp3) is 0.643. The van der Waals surface area contributed by atoms with Gasteiger partial charge in [0.15, 0.2) is 5.69 Å². The number of amides is 1. The molecule has 12 heteroatoms. The third-order valence-electron chi connectivity index (χ3n) is 9.69. The number of hydrogen-bond acceptors (Lipinski definition) is 6. The lowest BCUT2D eigenvalue weighted by molar-refractivity contribution is -0.136. The largest absolute Gasteiger partial charge is 0.390 e. The zero-order valence-electron chi connectivity index (χ0n) is 22.9. The maximum atomic E-state index is 13.4. The highest BCUT2D eigenvalue weighted by Gasteiger charge is 2.55. The van der Waals surface area contributed by atoms with Crippen molar-refractivity contribution in [1.29, 1.82) is 0 Å². The Balaban J connectivity index is 1.09. The molecule has 1 amide bonds. The van der Waals surface area contributed by atoms with E-state index in [1.54, 1.807) is 18.8 Å². The molecule has 1 aliphatic heterocycles. The molecule has 2 heterocycles. The second-order valence-corrected chi connectivity index (χ2v) is 14.8. The molecule has 0 spiro atoms. The van der Waals surface area contributed by atoms with Crippen molar-refractivity contribution in [2.45, 2.75) is 68.4 Å². The maximum absolute atomic E-state index is 13.4. The van der Waals surface area contributed by atoms with Gasteiger partial charge in [-0.05, 0) is 80.4 Å². The van der Waals surface area contributed by atoms with Crippen LogP contribution in [0.1, 0.15) is 61.0 Å². The molecule has 9 nitrogen and oxygen atoms in total. The molecule has 2 aromatic rings. The monoisotopic (exact) mass is 593 g/mol. The number of aliphatic hydroxyl groups is 1. The first kappa shape index (κ1) is 27.9. The van der Waals surface area contributed by atoms with E-state index in [9.17, 15) is 22.7 Å². The van der Waals surface area contributed by atoms with E-state index in [-0.39, 0.29) is 41.3 Å². The number of aryl methyl sites for hydroxylation is 1. The van der Waals surface area contributed by atoms with Crippen LogP contribution in [-0.2, 0) is 22.8 Å². The summed E-state index contributed by atoms with van der Waals surface area (Å²) < 4.78 is 42.3. The SMILES string of the molecule is CN(C1CCN(c2c(Cl)c(C(=O)NC3C4CC5CC3CC(O)(C5)C4)nn2C)CC1)S(=O)(=O)Cc1ccc(F)cc1. The Bertz CT molecular complexity index is 1380. The quantitative estimate of drug-likeness (QED) is 0.510. The molecule has 4 bridgehead atoms. The fourth-order valence-corrected chi connectivity index (χ4v) is 9.82. The number of sulfonamides is 1.